The third-order valence-electron chi connectivity index (χ3n) is 16.0. The first kappa shape index (κ1) is 86.1. The summed E-state index contributed by atoms with van der Waals surface area (Å²) in [7, 11) is -9.89. The van der Waals surface area contributed by atoms with Crippen LogP contribution in [0.25, 0.3) is 0 Å². The molecule has 5 atom stereocenters. The second kappa shape index (κ2) is 62.5. The van der Waals surface area contributed by atoms with Crippen LogP contribution in [0.4, 0.5) is 0 Å². The molecular formula is C69H134O17P2. The zero-order valence-electron chi connectivity index (χ0n) is 56.9. The molecule has 0 aliphatic carbocycles. The lowest BCUT2D eigenvalue weighted by Crippen LogP contribution is -2.30. The summed E-state index contributed by atoms with van der Waals surface area (Å²) < 4.78 is 68.1. The number of hydrogen-bond acceptors (Lipinski definition) is 15. The third-order valence-corrected chi connectivity index (χ3v) is 17.9. The van der Waals surface area contributed by atoms with Crippen LogP contribution in [-0.4, -0.2) is 96.7 Å². The van der Waals surface area contributed by atoms with Crippen LogP contribution < -0.4 is 0 Å². The van der Waals surface area contributed by atoms with Gasteiger partial charge in [0.25, 0.3) is 0 Å². The molecule has 0 saturated carbocycles. The van der Waals surface area contributed by atoms with E-state index in [0.29, 0.717) is 31.6 Å². The molecule has 88 heavy (non-hydrogen) atoms. The molecule has 0 radical (unpaired) electrons. The Kier molecular flexibility index (Phi) is 61.1. The van der Waals surface area contributed by atoms with Gasteiger partial charge in [0.15, 0.2) is 12.2 Å². The Hall–Kier alpha value is -1.94. The van der Waals surface area contributed by atoms with Crippen LogP contribution >= 0.6 is 15.6 Å². The molecule has 0 rings (SSSR count). The first-order valence-electron chi connectivity index (χ1n) is 36.1. The van der Waals surface area contributed by atoms with Crippen molar-refractivity contribution in [3.63, 3.8) is 0 Å². The molecule has 0 spiro atoms. The van der Waals surface area contributed by atoms with Crippen LogP contribution in [0, 0.1) is 5.92 Å². The van der Waals surface area contributed by atoms with Crippen molar-refractivity contribution in [1.82, 2.24) is 0 Å². The van der Waals surface area contributed by atoms with Gasteiger partial charge in [0.1, 0.15) is 19.3 Å². The molecule has 0 aromatic rings. The van der Waals surface area contributed by atoms with Crippen LogP contribution in [0.3, 0.4) is 0 Å². The molecule has 0 amide bonds. The Morgan fingerprint density at radius 2 is 0.523 bits per heavy atom. The van der Waals surface area contributed by atoms with Crippen molar-refractivity contribution in [2.75, 3.05) is 39.6 Å². The Morgan fingerprint density at radius 1 is 0.307 bits per heavy atom. The molecule has 19 heteroatoms. The lowest BCUT2D eigenvalue weighted by molar-refractivity contribution is -0.161. The number of carbonyl (C=O) groups excluding carboxylic acids is 4. The largest absolute Gasteiger partial charge is 0.472 e. The molecule has 522 valence electrons. The van der Waals surface area contributed by atoms with E-state index >= 15 is 0 Å². The smallest absolute Gasteiger partial charge is 0.462 e. The van der Waals surface area contributed by atoms with E-state index in [1.165, 1.54) is 173 Å². The summed E-state index contributed by atoms with van der Waals surface area (Å²) in [5.41, 5.74) is 0. The number of aliphatic hydroxyl groups excluding tert-OH is 1. The van der Waals surface area contributed by atoms with E-state index in [0.717, 1.165) is 96.3 Å². The van der Waals surface area contributed by atoms with Crippen molar-refractivity contribution in [2.24, 2.45) is 5.92 Å². The normalized spacial score (nSPS) is 14.1. The van der Waals surface area contributed by atoms with Crippen LogP contribution in [0.2, 0.25) is 0 Å². The van der Waals surface area contributed by atoms with E-state index in [4.69, 9.17) is 37.0 Å². The van der Waals surface area contributed by atoms with Gasteiger partial charge in [-0.25, -0.2) is 9.13 Å². The number of unbranched alkanes of at least 4 members (excludes halogenated alkanes) is 41. The zero-order valence-corrected chi connectivity index (χ0v) is 58.6. The average Bonchev–Trinajstić information content (AvgIpc) is 3.55. The summed E-state index contributed by atoms with van der Waals surface area (Å²) in [6.45, 7) is 7.11. The van der Waals surface area contributed by atoms with Crippen LogP contribution in [0.1, 0.15) is 356 Å². The maximum Gasteiger partial charge on any atom is 0.472 e. The number of hydrogen-bond donors (Lipinski definition) is 3. The number of rotatable bonds is 69. The minimum absolute atomic E-state index is 0.102. The molecule has 17 nitrogen and oxygen atoms in total. The molecule has 0 aromatic heterocycles. The monoisotopic (exact) mass is 1300 g/mol. The molecule has 0 aromatic carbocycles. The fraction of sp³-hybridized carbons (Fsp3) is 0.942. The molecular weight excluding hydrogens is 1160 g/mol. The Bertz CT molecular complexity index is 1700. The molecule has 0 aliphatic rings. The third kappa shape index (κ3) is 62.8. The zero-order chi connectivity index (χ0) is 64.9. The second-order valence-electron chi connectivity index (χ2n) is 25.4. The highest BCUT2D eigenvalue weighted by Gasteiger charge is 2.30. The van der Waals surface area contributed by atoms with Gasteiger partial charge >= 0.3 is 39.5 Å². The molecule has 0 bridgehead atoms. The van der Waals surface area contributed by atoms with Gasteiger partial charge in [-0.1, -0.05) is 304 Å². The van der Waals surface area contributed by atoms with Gasteiger partial charge in [-0.15, -0.1) is 0 Å². The van der Waals surface area contributed by atoms with Crippen LogP contribution in [-0.2, 0) is 65.4 Å². The summed E-state index contributed by atoms with van der Waals surface area (Å²) in [4.78, 5) is 72.3. The summed E-state index contributed by atoms with van der Waals surface area (Å²) in [5, 5.41) is 10.6. The predicted octanol–water partition coefficient (Wildman–Crippen LogP) is 19.7. The number of phosphoric ester groups is 2. The van der Waals surface area contributed by atoms with Gasteiger partial charge in [0.05, 0.1) is 26.4 Å². The highest BCUT2D eigenvalue weighted by Crippen LogP contribution is 2.45. The molecule has 0 heterocycles. The number of carbonyl (C=O) groups is 4. The summed E-state index contributed by atoms with van der Waals surface area (Å²) >= 11 is 0. The van der Waals surface area contributed by atoms with Gasteiger partial charge in [-0.3, -0.25) is 37.3 Å². The minimum atomic E-state index is -4.95. The van der Waals surface area contributed by atoms with Gasteiger partial charge in [0.2, 0.25) is 0 Å². The van der Waals surface area contributed by atoms with Gasteiger partial charge in [0, 0.05) is 25.7 Å². The Morgan fingerprint density at radius 3 is 0.773 bits per heavy atom. The van der Waals surface area contributed by atoms with Crippen molar-refractivity contribution in [1.29, 1.82) is 0 Å². The van der Waals surface area contributed by atoms with E-state index in [9.17, 15) is 43.2 Å². The minimum Gasteiger partial charge on any atom is -0.462 e. The van der Waals surface area contributed by atoms with Crippen molar-refractivity contribution in [2.45, 2.75) is 374 Å². The molecule has 2 unspecified atom stereocenters. The van der Waals surface area contributed by atoms with Gasteiger partial charge in [-0.2, -0.15) is 0 Å². The number of ether oxygens (including phenoxy) is 4. The SMILES string of the molecule is CCCCCCCCCCCCCCCCCCCCCCC(=O)O[C@H](COC(=O)CCCCCCCCCCCCC)COP(=O)(O)OC[C@@H](O)COP(=O)(O)OC[C@@H](COC(=O)CCCCCCCCCC)OC(=O)CCCCCCCCC(C)C. The topological polar surface area (TPSA) is 237 Å². The second-order valence-corrected chi connectivity index (χ2v) is 28.3. The highest BCUT2D eigenvalue weighted by atomic mass is 31.2. The molecule has 0 aliphatic heterocycles. The first-order chi connectivity index (χ1) is 42.5. The molecule has 0 saturated heterocycles. The summed E-state index contributed by atoms with van der Waals surface area (Å²) in [6.07, 6.45) is 48.9. The van der Waals surface area contributed by atoms with Crippen LogP contribution in [0.5, 0.6) is 0 Å². The van der Waals surface area contributed by atoms with Crippen molar-refractivity contribution >= 4 is 39.5 Å². The van der Waals surface area contributed by atoms with E-state index in [-0.39, 0.29) is 25.7 Å². The number of esters is 4. The molecule has 3 N–H and O–H groups in total. The van der Waals surface area contributed by atoms with Crippen LogP contribution in [0.15, 0.2) is 0 Å². The van der Waals surface area contributed by atoms with Gasteiger partial charge < -0.3 is 33.8 Å². The summed E-state index contributed by atoms with van der Waals surface area (Å²) in [6, 6.07) is 0. The lowest BCUT2D eigenvalue weighted by atomic mass is 10.0. The lowest BCUT2D eigenvalue weighted by Gasteiger charge is -2.21. The highest BCUT2D eigenvalue weighted by molar-refractivity contribution is 7.47. The van der Waals surface area contributed by atoms with Crippen molar-refractivity contribution in [3.05, 3.63) is 0 Å². The maximum absolute atomic E-state index is 13.0. The fourth-order valence-corrected chi connectivity index (χ4v) is 12.0. The van der Waals surface area contributed by atoms with Crippen molar-refractivity contribution in [3.8, 4) is 0 Å². The first-order valence-corrected chi connectivity index (χ1v) is 39.1. The van der Waals surface area contributed by atoms with E-state index < -0.39 is 97.5 Å². The number of aliphatic hydroxyl groups is 1. The quantitative estimate of drug-likeness (QED) is 0.0222. The predicted molar refractivity (Wildman–Crippen MR) is 354 cm³/mol. The fourth-order valence-electron chi connectivity index (χ4n) is 10.5. The number of phosphoric acid groups is 2. The molecule has 0 fully saturated rings. The van der Waals surface area contributed by atoms with Gasteiger partial charge in [-0.05, 0) is 31.6 Å². The average molecular weight is 1300 g/mol. The van der Waals surface area contributed by atoms with E-state index in [2.05, 4.69) is 34.6 Å². The standard InChI is InChI=1S/C69H134O17P2/c1-6-9-12-15-18-21-23-24-25-26-27-28-29-30-31-33-35-38-44-49-54-68(73)85-64(58-80-67(72)53-48-43-37-34-32-22-19-16-13-10-7-2)60-83-87(75,76)81-56-63(70)57-82-88(77,78)84-61-65(59-79-66(71)52-47-42-36-20-17-14-11-8-3)86-69(74)55-50-45-40-39-41-46-51-62(4)5/h62-65,70H,6-61H2,1-5H3,(H,75,76)(H,77,78)/t63-,64-,65-/m1/s1. The van der Waals surface area contributed by atoms with E-state index in [1.54, 1.807) is 0 Å². The maximum atomic E-state index is 13.0. The van der Waals surface area contributed by atoms with Crippen molar-refractivity contribution < 1.29 is 80.2 Å². The summed E-state index contributed by atoms with van der Waals surface area (Å²) in [5.74, 6) is -1.46. The van der Waals surface area contributed by atoms with E-state index in [1.807, 2.05) is 0 Å². The Balaban J connectivity index is 5.14. The Labute approximate surface area is 537 Å².